The Morgan fingerprint density at radius 1 is 1.38 bits per heavy atom. The van der Waals surface area contributed by atoms with Crippen molar-refractivity contribution in [1.82, 2.24) is 19.7 Å². The number of nitrogens with zero attached hydrogens (tertiary/aromatic N) is 4. The summed E-state index contributed by atoms with van der Waals surface area (Å²) < 4.78 is 1.78. The van der Waals surface area contributed by atoms with Crippen LogP contribution in [0.3, 0.4) is 0 Å². The SMILES string of the molecule is CNc1cncc(-n2ccc(C3CC3)n2)n1. The third-order valence-electron chi connectivity index (χ3n) is 2.72. The molecule has 0 aliphatic heterocycles. The zero-order valence-electron chi connectivity index (χ0n) is 9.09. The number of nitrogens with one attached hydrogen (secondary N) is 1. The zero-order chi connectivity index (χ0) is 11.0. The van der Waals surface area contributed by atoms with Crippen LogP contribution >= 0.6 is 0 Å². The molecule has 2 aromatic rings. The molecule has 1 saturated carbocycles. The third-order valence-corrected chi connectivity index (χ3v) is 2.72. The van der Waals surface area contributed by atoms with Crippen molar-refractivity contribution in [3.05, 3.63) is 30.4 Å². The molecule has 1 N–H and O–H groups in total. The van der Waals surface area contributed by atoms with Crippen LogP contribution in [0.1, 0.15) is 24.5 Å². The molecule has 5 nitrogen and oxygen atoms in total. The summed E-state index contributed by atoms with van der Waals surface area (Å²) in [7, 11) is 1.83. The van der Waals surface area contributed by atoms with Gasteiger partial charge in [-0.15, -0.1) is 0 Å². The van der Waals surface area contributed by atoms with E-state index in [0.717, 1.165) is 17.3 Å². The highest BCUT2D eigenvalue weighted by molar-refractivity contribution is 5.35. The van der Waals surface area contributed by atoms with E-state index in [-0.39, 0.29) is 0 Å². The molecule has 1 aliphatic rings. The first kappa shape index (κ1) is 9.33. The van der Waals surface area contributed by atoms with Gasteiger partial charge in [0.2, 0.25) is 0 Å². The molecule has 5 heteroatoms. The van der Waals surface area contributed by atoms with Gasteiger partial charge in [-0.25, -0.2) is 9.67 Å². The molecule has 0 spiro atoms. The molecule has 0 radical (unpaired) electrons. The first-order valence-electron chi connectivity index (χ1n) is 5.42. The molecule has 3 rings (SSSR count). The Morgan fingerprint density at radius 2 is 2.25 bits per heavy atom. The van der Waals surface area contributed by atoms with E-state index in [0.29, 0.717) is 5.92 Å². The van der Waals surface area contributed by atoms with Crippen molar-refractivity contribution in [2.75, 3.05) is 12.4 Å². The Bertz CT molecular complexity index is 501. The molecular formula is C11H13N5. The zero-order valence-corrected chi connectivity index (χ0v) is 9.09. The number of anilines is 1. The molecule has 0 unspecified atom stereocenters. The molecule has 0 bridgehead atoms. The van der Waals surface area contributed by atoms with E-state index in [9.17, 15) is 0 Å². The number of rotatable bonds is 3. The lowest BCUT2D eigenvalue weighted by Crippen LogP contribution is -2.02. The van der Waals surface area contributed by atoms with Crippen LogP contribution in [0.15, 0.2) is 24.7 Å². The predicted molar refractivity (Wildman–Crippen MR) is 60.7 cm³/mol. The van der Waals surface area contributed by atoms with Gasteiger partial charge in [-0.05, 0) is 18.9 Å². The average Bonchev–Trinajstić information content (AvgIpc) is 3.07. The standard InChI is InChI=1S/C11H13N5/c1-12-10-6-13-7-11(14-10)16-5-4-9(15-16)8-2-3-8/h4-8H,2-3H2,1H3,(H,12,14). The first-order valence-corrected chi connectivity index (χ1v) is 5.42. The Kier molecular flexibility index (Phi) is 2.09. The second kappa shape index (κ2) is 3.59. The van der Waals surface area contributed by atoms with E-state index in [1.165, 1.54) is 12.8 Å². The minimum Gasteiger partial charge on any atom is -0.372 e. The van der Waals surface area contributed by atoms with Gasteiger partial charge in [-0.2, -0.15) is 5.10 Å². The van der Waals surface area contributed by atoms with E-state index in [4.69, 9.17) is 0 Å². The van der Waals surface area contributed by atoms with Crippen LogP contribution in [0, 0.1) is 0 Å². The summed E-state index contributed by atoms with van der Waals surface area (Å²) in [6, 6.07) is 2.06. The van der Waals surface area contributed by atoms with Crippen molar-refractivity contribution < 1.29 is 0 Å². The second-order valence-electron chi connectivity index (χ2n) is 3.97. The van der Waals surface area contributed by atoms with E-state index < -0.39 is 0 Å². The molecule has 16 heavy (non-hydrogen) atoms. The average molecular weight is 215 g/mol. The van der Waals surface area contributed by atoms with Gasteiger partial charge in [-0.1, -0.05) is 0 Å². The molecule has 1 aliphatic carbocycles. The van der Waals surface area contributed by atoms with E-state index in [1.807, 2.05) is 13.2 Å². The van der Waals surface area contributed by atoms with Crippen molar-refractivity contribution in [1.29, 1.82) is 0 Å². The van der Waals surface area contributed by atoms with Crippen LogP contribution in [0.25, 0.3) is 5.82 Å². The van der Waals surface area contributed by atoms with Gasteiger partial charge in [0, 0.05) is 19.2 Å². The van der Waals surface area contributed by atoms with Gasteiger partial charge in [0.05, 0.1) is 18.1 Å². The summed E-state index contributed by atoms with van der Waals surface area (Å²) in [5.41, 5.74) is 1.16. The summed E-state index contributed by atoms with van der Waals surface area (Å²) in [6.07, 6.45) is 7.87. The van der Waals surface area contributed by atoms with Crippen molar-refractivity contribution in [3.8, 4) is 5.82 Å². The highest BCUT2D eigenvalue weighted by Crippen LogP contribution is 2.38. The van der Waals surface area contributed by atoms with Gasteiger partial charge in [0.15, 0.2) is 5.82 Å². The monoisotopic (exact) mass is 215 g/mol. The van der Waals surface area contributed by atoms with Gasteiger partial charge >= 0.3 is 0 Å². The van der Waals surface area contributed by atoms with Crippen molar-refractivity contribution in [3.63, 3.8) is 0 Å². The van der Waals surface area contributed by atoms with Crippen LogP contribution in [0.2, 0.25) is 0 Å². The maximum absolute atomic E-state index is 4.50. The van der Waals surface area contributed by atoms with Crippen molar-refractivity contribution in [2.45, 2.75) is 18.8 Å². The van der Waals surface area contributed by atoms with Crippen LogP contribution in [0.4, 0.5) is 5.82 Å². The van der Waals surface area contributed by atoms with Crippen LogP contribution in [-0.2, 0) is 0 Å². The summed E-state index contributed by atoms with van der Waals surface area (Å²) >= 11 is 0. The molecule has 0 atom stereocenters. The first-order chi connectivity index (χ1) is 7.86. The normalized spacial score (nSPS) is 15.1. The fourth-order valence-corrected chi connectivity index (χ4v) is 1.65. The summed E-state index contributed by atoms with van der Waals surface area (Å²) in [4.78, 5) is 8.50. The largest absolute Gasteiger partial charge is 0.372 e. The smallest absolute Gasteiger partial charge is 0.173 e. The van der Waals surface area contributed by atoms with Gasteiger partial charge < -0.3 is 5.32 Å². The molecule has 0 amide bonds. The number of hydrogen-bond acceptors (Lipinski definition) is 4. The molecule has 2 heterocycles. The van der Waals surface area contributed by atoms with Crippen LogP contribution < -0.4 is 5.32 Å². The lowest BCUT2D eigenvalue weighted by Gasteiger charge is -2.02. The number of aromatic nitrogens is 4. The summed E-state index contributed by atoms with van der Waals surface area (Å²) in [5, 5.41) is 7.47. The van der Waals surface area contributed by atoms with Gasteiger partial charge in [-0.3, -0.25) is 4.98 Å². The predicted octanol–water partition coefficient (Wildman–Crippen LogP) is 1.58. The fraction of sp³-hybridized carbons (Fsp3) is 0.364. The van der Waals surface area contributed by atoms with Crippen molar-refractivity contribution in [2.24, 2.45) is 0 Å². The van der Waals surface area contributed by atoms with Crippen LogP contribution in [0.5, 0.6) is 0 Å². The second-order valence-corrected chi connectivity index (χ2v) is 3.97. The molecule has 1 fully saturated rings. The Labute approximate surface area is 93.5 Å². The highest BCUT2D eigenvalue weighted by atomic mass is 15.3. The van der Waals surface area contributed by atoms with E-state index in [2.05, 4.69) is 26.4 Å². The Balaban J connectivity index is 1.93. The van der Waals surface area contributed by atoms with Crippen molar-refractivity contribution >= 4 is 5.82 Å². The lowest BCUT2D eigenvalue weighted by atomic mass is 10.3. The minimum atomic E-state index is 0.668. The molecule has 0 saturated heterocycles. The molecular weight excluding hydrogens is 202 g/mol. The van der Waals surface area contributed by atoms with E-state index in [1.54, 1.807) is 17.1 Å². The quantitative estimate of drug-likeness (QED) is 0.844. The topological polar surface area (TPSA) is 55.6 Å². The summed E-state index contributed by atoms with van der Waals surface area (Å²) in [6.45, 7) is 0. The molecule has 0 aromatic carbocycles. The molecule has 2 aromatic heterocycles. The lowest BCUT2D eigenvalue weighted by molar-refractivity contribution is 0.807. The highest BCUT2D eigenvalue weighted by Gasteiger charge is 2.25. The maximum Gasteiger partial charge on any atom is 0.173 e. The Hall–Kier alpha value is -1.91. The third kappa shape index (κ3) is 1.64. The molecule has 82 valence electrons. The minimum absolute atomic E-state index is 0.668. The van der Waals surface area contributed by atoms with E-state index >= 15 is 0 Å². The van der Waals surface area contributed by atoms with Crippen LogP contribution in [-0.4, -0.2) is 26.8 Å². The number of hydrogen-bond donors (Lipinski definition) is 1. The fourth-order valence-electron chi connectivity index (χ4n) is 1.65. The maximum atomic E-state index is 4.50. The summed E-state index contributed by atoms with van der Waals surface area (Å²) in [5.74, 6) is 2.17. The van der Waals surface area contributed by atoms with Gasteiger partial charge in [0.1, 0.15) is 5.82 Å². The Morgan fingerprint density at radius 3 is 3.00 bits per heavy atom. The van der Waals surface area contributed by atoms with Gasteiger partial charge in [0.25, 0.3) is 0 Å².